The van der Waals surface area contributed by atoms with Crippen LogP contribution in [0, 0.1) is 5.92 Å². The van der Waals surface area contributed by atoms with E-state index in [1.54, 1.807) is 18.2 Å². The smallest absolute Gasteiger partial charge is 0.0915 e. The molecule has 2 aliphatic rings. The molecule has 122 valence electrons. The fourth-order valence-corrected chi connectivity index (χ4v) is 3.69. The van der Waals surface area contributed by atoms with E-state index in [1.165, 1.54) is 32.5 Å². The van der Waals surface area contributed by atoms with E-state index in [1.807, 2.05) is 0 Å². The molecule has 1 heterocycles. The molecule has 1 unspecified atom stereocenters. The normalized spacial score (nSPS) is 22.0. The number of likely N-dealkylation sites (tertiary alicyclic amines) is 1. The highest BCUT2D eigenvalue weighted by atomic mass is 35.5. The van der Waals surface area contributed by atoms with Crippen molar-refractivity contribution in [1.82, 2.24) is 10.2 Å². The molecule has 1 aliphatic carbocycles. The Hall–Kier alpha value is -0.320. The van der Waals surface area contributed by atoms with Gasteiger partial charge in [0.05, 0.1) is 6.10 Å². The van der Waals surface area contributed by atoms with E-state index >= 15 is 0 Å². The van der Waals surface area contributed by atoms with Gasteiger partial charge < -0.3 is 15.3 Å². The first-order valence-corrected chi connectivity index (χ1v) is 8.95. The van der Waals surface area contributed by atoms with Gasteiger partial charge in [0, 0.05) is 29.2 Å². The Morgan fingerprint density at radius 3 is 2.32 bits per heavy atom. The van der Waals surface area contributed by atoms with E-state index in [-0.39, 0.29) is 0 Å². The summed E-state index contributed by atoms with van der Waals surface area (Å²) in [6, 6.07) is 5.73. The molecule has 3 rings (SSSR count). The third kappa shape index (κ3) is 4.84. The van der Waals surface area contributed by atoms with E-state index in [4.69, 9.17) is 23.2 Å². The molecule has 1 aliphatic heterocycles. The van der Waals surface area contributed by atoms with Crippen LogP contribution in [0.1, 0.15) is 37.4 Å². The van der Waals surface area contributed by atoms with Crippen molar-refractivity contribution in [2.45, 2.75) is 37.8 Å². The molecule has 1 aromatic carbocycles. The molecule has 0 spiro atoms. The summed E-state index contributed by atoms with van der Waals surface area (Å²) in [6.07, 6.45) is 4.60. The van der Waals surface area contributed by atoms with E-state index in [0.29, 0.717) is 22.6 Å². The molecule has 0 bridgehead atoms. The minimum atomic E-state index is -0.569. The molecule has 1 saturated carbocycles. The summed E-state index contributed by atoms with van der Waals surface area (Å²) < 4.78 is 0. The number of aliphatic hydroxyl groups excluding tert-OH is 1. The van der Waals surface area contributed by atoms with Gasteiger partial charge in [-0.1, -0.05) is 23.2 Å². The van der Waals surface area contributed by atoms with Crippen molar-refractivity contribution >= 4 is 23.2 Å². The average Bonchev–Trinajstić information content (AvgIpc) is 3.29. The van der Waals surface area contributed by atoms with Crippen LogP contribution in [-0.2, 0) is 0 Å². The van der Waals surface area contributed by atoms with Gasteiger partial charge in [-0.2, -0.15) is 0 Å². The van der Waals surface area contributed by atoms with Crippen molar-refractivity contribution in [3.63, 3.8) is 0 Å². The van der Waals surface area contributed by atoms with Crippen LogP contribution in [0.4, 0.5) is 0 Å². The molecule has 2 fully saturated rings. The number of nitrogens with one attached hydrogen (secondary N) is 1. The Morgan fingerprint density at radius 1 is 1.09 bits per heavy atom. The molecule has 0 amide bonds. The predicted molar refractivity (Wildman–Crippen MR) is 91.6 cm³/mol. The number of aliphatic hydroxyl groups is 1. The van der Waals surface area contributed by atoms with Crippen molar-refractivity contribution in [2.75, 3.05) is 26.2 Å². The first-order chi connectivity index (χ1) is 10.6. The Labute approximate surface area is 142 Å². The quantitative estimate of drug-likeness (QED) is 0.830. The zero-order valence-electron chi connectivity index (χ0n) is 12.8. The Balaban J connectivity index is 1.42. The van der Waals surface area contributed by atoms with Gasteiger partial charge in [0.1, 0.15) is 0 Å². The number of halogens is 2. The molecule has 3 nitrogen and oxygen atoms in total. The molecule has 0 aromatic heterocycles. The molecule has 1 aromatic rings. The Morgan fingerprint density at radius 2 is 1.73 bits per heavy atom. The van der Waals surface area contributed by atoms with Crippen LogP contribution in [0.25, 0.3) is 0 Å². The Bertz CT molecular complexity index is 479. The average molecular weight is 343 g/mol. The summed E-state index contributed by atoms with van der Waals surface area (Å²) in [5.41, 5.74) is 0.774. The Kier molecular flexibility index (Phi) is 5.64. The minimum Gasteiger partial charge on any atom is -0.387 e. The lowest BCUT2D eigenvalue weighted by atomic mass is 10.0. The zero-order valence-corrected chi connectivity index (χ0v) is 14.3. The van der Waals surface area contributed by atoms with Crippen molar-refractivity contribution in [2.24, 2.45) is 5.92 Å². The topological polar surface area (TPSA) is 35.5 Å². The number of benzene rings is 1. The fourth-order valence-electron chi connectivity index (χ4n) is 3.15. The monoisotopic (exact) mass is 342 g/mol. The molecular weight excluding hydrogens is 319 g/mol. The van der Waals surface area contributed by atoms with Crippen molar-refractivity contribution in [1.29, 1.82) is 0 Å². The van der Waals surface area contributed by atoms with Gasteiger partial charge in [0.25, 0.3) is 0 Å². The minimum absolute atomic E-state index is 0.500. The number of hydrogen-bond acceptors (Lipinski definition) is 3. The second-order valence-electron chi connectivity index (χ2n) is 6.65. The number of rotatable bonds is 6. The highest BCUT2D eigenvalue weighted by Gasteiger charge is 2.27. The summed E-state index contributed by atoms with van der Waals surface area (Å²) >= 11 is 12.0. The van der Waals surface area contributed by atoms with Crippen LogP contribution in [0.3, 0.4) is 0 Å². The van der Waals surface area contributed by atoms with Crippen LogP contribution in [0.5, 0.6) is 0 Å². The first kappa shape index (κ1) is 16.5. The number of piperidine rings is 1. The van der Waals surface area contributed by atoms with E-state index < -0.39 is 6.10 Å². The lowest BCUT2D eigenvalue weighted by Crippen LogP contribution is -2.44. The maximum Gasteiger partial charge on any atom is 0.0915 e. The highest BCUT2D eigenvalue weighted by Crippen LogP contribution is 2.30. The highest BCUT2D eigenvalue weighted by molar-refractivity contribution is 6.34. The van der Waals surface area contributed by atoms with E-state index in [9.17, 15) is 5.11 Å². The van der Waals surface area contributed by atoms with Gasteiger partial charge in [-0.05, 0) is 68.5 Å². The second kappa shape index (κ2) is 7.50. The number of nitrogens with zero attached hydrogens (tertiary/aromatic N) is 1. The molecule has 5 heteroatoms. The molecule has 1 saturated heterocycles. The molecule has 22 heavy (non-hydrogen) atoms. The maximum atomic E-state index is 10.3. The lowest BCUT2D eigenvalue weighted by Gasteiger charge is -2.33. The van der Waals surface area contributed by atoms with Gasteiger partial charge in [-0.25, -0.2) is 0 Å². The van der Waals surface area contributed by atoms with Gasteiger partial charge in [0.2, 0.25) is 0 Å². The van der Waals surface area contributed by atoms with Crippen LogP contribution in [0.2, 0.25) is 10.0 Å². The van der Waals surface area contributed by atoms with Crippen LogP contribution in [-0.4, -0.2) is 42.2 Å². The summed E-state index contributed by atoms with van der Waals surface area (Å²) in [6.45, 7) is 4.18. The first-order valence-electron chi connectivity index (χ1n) is 8.20. The zero-order chi connectivity index (χ0) is 15.5. The third-order valence-electron chi connectivity index (χ3n) is 4.67. The standard InChI is InChI=1S/C17H24Cl2N2O/c18-14-7-13(8-15(19)9-14)17(22)10-20-16-3-5-21(6-4-16)11-12-1-2-12/h7-9,12,16-17,20,22H,1-6,10-11H2. The SMILES string of the molecule is OC(CNC1CCN(CC2CC2)CC1)c1cc(Cl)cc(Cl)c1. The second-order valence-corrected chi connectivity index (χ2v) is 7.52. The summed E-state index contributed by atoms with van der Waals surface area (Å²) in [7, 11) is 0. The largest absolute Gasteiger partial charge is 0.387 e. The van der Waals surface area contributed by atoms with Crippen molar-refractivity contribution in [3.8, 4) is 0 Å². The van der Waals surface area contributed by atoms with Gasteiger partial charge >= 0.3 is 0 Å². The van der Waals surface area contributed by atoms with Crippen LogP contribution in [0.15, 0.2) is 18.2 Å². The molecule has 0 radical (unpaired) electrons. The summed E-state index contributed by atoms with van der Waals surface area (Å²) in [4.78, 5) is 2.59. The lowest BCUT2D eigenvalue weighted by molar-refractivity contribution is 0.150. The van der Waals surface area contributed by atoms with Gasteiger partial charge in [-0.15, -0.1) is 0 Å². The molecular formula is C17H24Cl2N2O. The molecule has 1 atom stereocenters. The van der Waals surface area contributed by atoms with Crippen LogP contribution >= 0.6 is 23.2 Å². The van der Waals surface area contributed by atoms with Crippen molar-refractivity contribution in [3.05, 3.63) is 33.8 Å². The van der Waals surface area contributed by atoms with Crippen molar-refractivity contribution < 1.29 is 5.11 Å². The van der Waals surface area contributed by atoms with Gasteiger partial charge in [0.15, 0.2) is 0 Å². The fraction of sp³-hybridized carbons (Fsp3) is 0.647. The number of hydrogen-bond donors (Lipinski definition) is 2. The predicted octanol–water partition coefficient (Wildman–Crippen LogP) is 3.49. The molecule has 2 N–H and O–H groups in total. The van der Waals surface area contributed by atoms with Crippen LogP contribution < -0.4 is 5.32 Å². The van der Waals surface area contributed by atoms with E-state index in [0.717, 1.165) is 24.3 Å². The summed E-state index contributed by atoms with van der Waals surface area (Å²) in [5.74, 6) is 0.971. The summed E-state index contributed by atoms with van der Waals surface area (Å²) in [5, 5.41) is 14.9. The van der Waals surface area contributed by atoms with E-state index in [2.05, 4.69) is 10.2 Å². The maximum absolute atomic E-state index is 10.3. The van der Waals surface area contributed by atoms with Gasteiger partial charge in [-0.3, -0.25) is 0 Å². The third-order valence-corrected chi connectivity index (χ3v) is 5.11.